The molecule has 0 radical (unpaired) electrons. The molecule has 4 nitrogen and oxygen atoms in total. The molecule has 0 spiro atoms. The fraction of sp³-hybridized carbons (Fsp3) is 0.182. The van der Waals surface area contributed by atoms with Gasteiger partial charge in [0.25, 0.3) is 6.29 Å². The van der Waals surface area contributed by atoms with Crippen LogP contribution in [-0.2, 0) is 14.3 Å². The van der Waals surface area contributed by atoms with Crippen molar-refractivity contribution in [1.82, 2.24) is 0 Å². The Labute approximate surface area is 86.7 Å². The van der Waals surface area contributed by atoms with Gasteiger partial charge in [-0.1, -0.05) is 29.8 Å². The Kier molecular flexibility index (Phi) is 2.33. The second-order valence-corrected chi connectivity index (χ2v) is 3.28. The van der Waals surface area contributed by atoms with E-state index in [-0.39, 0.29) is 5.76 Å². The Morgan fingerprint density at radius 1 is 1.33 bits per heavy atom. The number of benzene rings is 1. The summed E-state index contributed by atoms with van der Waals surface area (Å²) < 4.78 is 10.2. The van der Waals surface area contributed by atoms with Gasteiger partial charge in [0, 0.05) is 5.56 Å². The molecule has 1 aliphatic heterocycles. The van der Waals surface area contributed by atoms with E-state index >= 15 is 0 Å². The van der Waals surface area contributed by atoms with Gasteiger partial charge in [0.1, 0.15) is 6.26 Å². The molecule has 1 unspecified atom stereocenters. The van der Waals surface area contributed by atoms with E-state index in [0.717, 1.165) is 17.4 Å². The van der Waals surface area contributed by atoms with Crippen molar-refractivity contribution in [2.24, 2.45) is 0 Å². The highest BCUT2D eigenvalue weighted by molar-refractivity contribution is 5.84. The van der Waals surface area contributed by atoms with Crippen molar-refractivity contribution in [1.29, 1.82) is 0 Å². The first-order chi connectivity index (χ1) is 7.16. The standard InChI is InChI=1S/C11H10O4/c1-7-2-4-8(5-3-7)11-14-6-9(15-11)10(12)13/h2-6,11H,1H3,(H,12,13). The number of carboxylic acids is 1. The second-order valence-electron chi connectivity index (χ2n) is 3.28. The predicted molar refractivity (Wildman–Crippen MR) is 51.8 cm³/mol. The highest BCUT2D eigenvalue weighted by Crippen LogP contribution is 2.28. The summed E-state index contributed by atoms with van der Waals surface area (Å²) in [5.74, 6) is -1.29. The molecule has 2 rings (SSSR count). The molecule has 78 valence electrons. The van der Waals surface area contributed by atoms with Crippen LogP contribution in [0.25, 0.3) is 0 Å². The monoisotopic (exact) mass is 206 g/mol. The summed E-state index contributed by atoms with van der Waals surface area (Å²) in [6, 6.07) is 7.53. The molecule has 1 aromatic rings. The first-order valence-corrected chi connectivity index (χ1v) is 4.49. The van der Waals surface area contributed by atoms with Crippen LogP contribution in [-0.4, -0.2) is 11.1 Å². The Morgan fingerprint density at radius 2 is 2.00 bits per heavy atom. The number of hydrogen-bond donors (Lipinski definition) is 1. The summed E-state index contributed by atoms with van der Waals surface area (Å²) in [5, 5.41) is 8.65. The molecule has 0 amide bonds. The van der Waals surface area contributed by atoms with Crippen LogP contribution < -0.4 is 0 Å². The van der Waals surface area contributed by atoms with Crippen LogP contribution in [0.2, 0.25) is 0 Å². The number of ether oxygens (including phenoxy) is 2. The normalized spacial score (nSPS) is 19.0. The van der Waals surface area contributed by atoms with Gasteiger partial charge >= 0.3 is 5.97 Å². The van der Waals surface area contributed by atoms with Gasteiger partial charge in [-0.05, 0) is 6.92 Å². The molecule has 0 aliphatic carbocycles. The van der Waals surface area contributed by atoms with Crippen LogP contribution in [0.4, 0.5) is 0 Å². The van der Waals surface area contributed by atoms with E-state index < -0.39 is 12.3 Å². The zero-order valence-electron chi connectivity index (χ0n) is 8.14. The number of aliphatic carboxylic acids is 1. The topological polar surface area (TPSA) is 55.8 Å². The van der Waals surface area contributed by atoms with E-state index in [4.69, 9.17) is 14.6 Å². The van der Waals surface area contributed by atoms with Crippen LogP contribution in [0, 0.1) is 6.92 Å². The van der Waals surface area contributed by atoms with Gasteiger partial charge in [-0.25, -0.2) is 4.79 Å². The van der Waals surface area contributed by atoms with E-state index in [0.29, 0.717) is 0 Å². The summed E-state index contributed by atoms with van der Waals surface area (Å²) in [4.78, 5) is 10.6. The zero-order valence-corrected chi connectivity index (χ0v) is 8.14. The van der Waals surface area contributed by atoms with Gasteiger partial charge in [-0.3, -0.25) is 0 Å². The molecule has 0 saturated carbocycles. The highest BCUT2D eigenvalue weighted by atomic mass is 16.7. The lowest BCUT2D eigenvalue weighted by molar-refractivity contribution is -0.139. The van der Waals surface area contributed by atoms with Gasteiger partial charge in [0.05, 0.1) is 0 Å². The molecule has 0 saturated heterocycles. The Hall–Kier alpha value is -1.97. The summed E-state index contributed by atoms with van der Waals surface area (Å²) in [7, 11) is 0. The lowest BCUT2D eigenvalue weighted by Crippen LogP contribution is -2.04. The summed E-state index contributed by atoms with van der Waals surface area (Å²) in [5.41, 5.74) is 1.93. The average Bonchev–Trinajstić information content (AvgIpc) is 2.68. The number of carboxylic acid groups (broad SMARTS) is 1. The van der Waals surface area contributed by atoms with E-state index in [2.05, 4.69) is 0 Å². The first-order valence-electron chi connectivity index (χ1n) is 4.49. The van der Waals surface area contributed by atoms with Gasteiger partial charge < -0.3 is 14.6 Å². The van der Waals surface area contributed by atoms with E-state index in [9.17, 15) is 4.79 Å². The van der Waals surface area contributed by atoms with E-state index in [1.165, 1.54) is 0 Å². The largest absolute Gasteiger partial charge is 0.475 e. The average molecular weight is 206 g/mol. The van der Waals surface area contributed by atoms with Crippen LogP contribution in [0.1, 0.15) is 17.4 Å². The molecule has 0 fully saturated rings. The molecule has 1 aromatic carbocycles. The van der Waals surface area contributed by atoms with Gasteiger partial charge in [0.15, 0.2) is 0 Å². The second kappa shape index (κ2) is 3.65. The summed E-state index contributed by atoms with van der Waals surface area (Å²) in [6.07, 6.45) is 0.476. The Balaban J connectivity index is 2.10. The van der Waals surface area contributed by atoms with Crippen LogP contribution in [0.5, 0.6) is 0 Å². The van der Waals surface area contributed by atoms with Crippen molar-refractivity contribution in [2.75, 3.05) is 0 Å². The van der Waals surface area contributed by atoms with Crippen molar-refractivity contribution < 1.29 is 19.4 Å². The van der Waals surface area contributed by atoms with E-state index in [1.54, 1.807) is 0 Å². The van der Waals surface area contributed by atoms with Crippen molar-refractivity contribution in [2.45, 2.75) is 13.2 Å². The minimum absolute atomic E-state index is 0.166. The molecule has 4 heteroatoms. The lowest BCUT2D eigenvalue weighted by atomic mass is 10.1. The fourth-order valence-electron chi connectivity index (χ4n) is 1.27. The maximum Gasteiger partial charge on any atom is 0.374 e. The highest BCUT2D eigenvalue weighted by Gasteiger charge is 2.25. The van der Waals surface area contributed by atoms with Crippen molar-refractivity contribution in [3.05, 3.63) is 47.4 Å². The number of carbonyl (C=O) groups is 1. The Morgan fingerprint density at radius 3 is 2.53 bits per heavy atom. The van der Waals surface area contributed by atoms with Crippen molar-refractivity contribution in [3.63, 3.8) is 0 Å². The van der Waals surface area contributed by atoms with Gasteiger partial charge in [-0.2, -0.15) is 0 Å². The lowest BCUT2D eigenvalue weighted by Gasteiger charge is -2.10. The zero-order chi connectivity index (χ0) is 10.8. The smallest absolute Gasteiger partial charge is 0.374 e. The van der Waals surface area contributed by atoms with E-state index in [1.807, 2.05) is 31.2 Å². The number of aryl methyl sites for hydroxylation is 1. The first kappa shape index (κ1) is 9.58. The minimum atomic E-state index is -1.12. The van der Waals surface area contributed by atoms with Gasteiger partial charge in [0.2, 0.25) is 5.76 Å². The third-order valence-electron chi connectivity index (χ3n) is 2.09. The van der Waals surface area contributed by atoms with Crippen LogP contribution >= 0.6 is 0 Å². The van der Waals surface area contributed by atoms with Crippen LogP contribution in [0.15, 0.2) is 36.3 Å². The predicted octanol–water partition coefficient (Wildman–Crippen LogP) is 1.97. The third kappa shape index (κ3) is 1.93. The van der Waals surface area contributed by atoms with Gasteiger partial charge in [-0.15, -0.1) is 0 Å². The fourth-order valence-corrected chi connectivity index (χ4v) is 1.27. The maximum absolute atomic E-state index is 10.6. The molecule has 1 aliphatic rings. The molecule has 0 aromatic heterocycles. The molecule has 1 atom stereocenters. The molecule has 0 bridgehead atoms. The van der Waals surface area contributed by atoms with Crippen molar-refractivity contribution in [3.8, 4) is 0 Å². The van der Waals surface area contributed by atoms with Crippen LogP contribution in [0.3, 0.4) is 0 Å². The molecule has 15 heavy (non-hydrogen) atoms. The SMILES string of the molecule is Cc1ccc(C2OC=C(C(=O)O)O2)cc1. The van der Waals surface area contributed by atoms with Crippen molar-refractivity contribution >= 4 is 5.97 Å². The number of rotatable bonds is 2. The summed E-state index contributed by atoms with van der Waals surface area (Å²) >= 11 is 0. The molecular weight excluding hydrogens is 196 g/mol. The Bertz CT molecular complexity index is 405. The minimum Gasteiger partial charge on any atom is -0.475 e. The maximum atomic E-state index is 10.6. The summed E-state index contributed by atoms with van der Waals surface area (Å²) in [6.45, 7) is 1.97. The quantitative estimate of drug-likeness (QED) is 0.803. The third-order valence-corrected chi connectivity index (χ3v) is 2.09. The molecule has 1 N–H and O–H groups in total. The molecule has 1 heterocycles. The molecular formula is C11H10O4. The number of hydrogen-bond acceptors (Lipinski definition) is 3.